The SMILES string of the molecule is COc1cc2c(N3CCN(C(=O)OC(C)(C)C)CC3)nc(OCC34CCCN3CCC4)nc2c(F)c1-c1ccc(F)c2sc(N)nc12. The maximum absolute atomic E-state index is 17.0. The Morgan fingerprint density at radius 1 is 1.02 bits per heavy atom. The fraction of sp³-hybridized carbons (Fsp3) is 0.515. The summed E-state index contributed by atoms with van der Waals surface area (Å²) in [6.45, 7) is 9.66. The number of amides is 1. The predicted octanol–water partition coefficient (Wildman–Crippen LogP) is 5.84. The number of benzene rings is 2. The Morgan fingerprint density at radius 3 is 2.43 bits per heavy atom. The average Bonchev–Trinajstić information content (AvgIpc) is 3.74. The van der Waals surface area contributed by atoms with E-state index in [9.17, 15) is 9.18 Å². The number of piperazine rings is 1. The van der Waals surface area contributed by atoms with Crippen molar-refractivity contribution in [2.75, 3.05) is 63.6 Å². The average molecular weight is 668 g/mol. The minimum atomic E-state index is -0.666. The summed E-state index contributed by atoms with van der Waals surface area (Å²) in [5.74, 6) is -0.462. The van der Waals surface area contributed by atoms with Gasteiger partial charge in [0.05, 0.1) is 28.4 Å². The van der Waals surface area contributed by atoms with Gasteiger partial charge in [0, 0.05) is 37.1 Å². The first-order chi connectivity index (χ1) is 22.5. The van der Waals surface area contributed by atoms with E-state index >= 15 is 4.39 Å². The Labute approximate surface area is 275 Å². The van der Waals surface area contributed by atoms with Gasteiger partial charge in [-0.25, -0.2) is 18.6 Å². The number of halogens is 2. The number of nitrogens with zero attached hydrogens (tertiary/aromatic N) is 6. The number of hydrogen-bond donors (Lipinski definition) is 1. The lowest BCUT2D eigenvalue weighted by Crippen LogP contribution is -2.50. The summed E-state index contributed by atoms with van der Waals surface area (Å²) in [5, 5.41) is 0.600. The molecule has 11 nitrogen and oxygen atoms in total. The Kier molecular flexibility index (Phi) is 7.98. The van der Waals surface area contributed by atoms with Crippen LogP contribution in [0, 0.1) is 11.6 Å². The van der Waals surface area contributed by atoms with Gasteiger partial charge in [0.2, 0.25) is 0 Å². The van der Waals surface area contributed by atoms with E-state index in [1.807, 2.05) is 25.7 Å². The van der Waals surface area contributed by atoms with Crippen molar-refractivity contribution in [3.63, 3.8) is 0 Å². The van der Waals surface area contributed by atoms with Crippen molar-refractivity contribution in [2.24, 2.45) is 0 Å². The second-order valence-corrected chi connectivity index (χ2v) is 14.5. The summed E-state index contributed by atoms with van der Waals surface area (Å²) in [4.78, 5) is 32.7. The summed E-state index contributed by atoms with van der Waals surface area (Å²) in [5.41, 5.74) is 6.00. The highest BCUT2D eigenvalue weighted by molar-refractivity contribution is 7.22. The Hall–Kier alpha value is -4.04. The van der Waals surface area contributed by atoms with Crippen LogP contribution in [0.2, 0.25) is 0 Å². The zero-order valence-electron chi connectivity index (χ0n) is 27.1. The molecule has 0 aliphatic carbocycles. The standard InChI is InChI=1S/C33H39F2N7O4S/c1-32(2,3)46-31(43)41-15-13-40(14-16-41)28-20-17-22(44-4)23(19-7-8-21(34)27-26(19)37-29(36)47-27)24(35)25(20)38-30(39-28)45-18-33-9-5-11-42(33)12-6-10-33/h7-8,17H,5-6,9-16,18H2,1-4H3,(H2,36,37). The molecule has 0 saturated carbocycles. The Balaban J connectivity index is 1.31. The van der Waals surface area contributed by atoms with E-state index in [2.05, 4.69) is 14.9 Å². The molecular formula is C33H39F2N7O4S. The van der Waals surface area contributed by atoms with Crippen LogP contribution in [0.25, 0.3) is 32.2 Å². The molecule has 3 fully saturated rings. The number of nitrogen functional groups attached to an aromatic ring is 1. The number of nitrogens with two attached hydrogens (primary N) is 1. The Bertz CT molecular complexity index is 1840. The van der Waals surface area contributed by atoms with Crippen LogP contribution in [-0.4, -0.2) is 95.0 Å². The van der Waals surface area contributed by atoms with E-state index in [0.717, 1.165) is 50.1 Å². The molecule has 3 aliphatic rings. The van der Waals surface area contributed by atoms with E-state index in [1.165, 1.54) is 19.2 Å². The van der Waals surface area contributed by atoms with Crippen LogP contribution in [0.4, 0.5) is 24.5 Å². The Morgan fingerprint density at radius 2 is 1.74 bits per heavy atom. The molecule has 3 saturated heterocycles. The number of carbonyl (C=O) groups excluding carboxylic acids is 1. The molecule has 0 spiro atoms. The van der Waals surface area contributed by atoms with Gasteiger partial charge in [0.15, 0.2) is 10.9 Å². The van der Waals surface area contributed by atoms with Crippen molar-refractivity contribution in [1.29, 1.82) is 0 Å². The number of rotatable bonds is 6. The number of thiazole rings is 1. The van der Waals surface area contributed by atoms with E-state index in [0.29, 0.717) is 49.6 Å². The molecule has 250 valence electrons. The van der Waals surface area contributed by atoms with Crippen molar-refractivity contribution < 1.29 is 27.8 Å². The van der Waals surface area contributed by atoms with Crippen LogP contribution in [0.3, 0.4) is 0 Å². The van der Waals surface area contributed by atoms with Crippen molar-refractivity contribution in [2.45, 2.75) is 57.6 Å². The predicted molar refractivity (Wildman–Crippen MR) is 177 cm³/mol. The van der Waals surface area contributed by atoms with Crippen molar-refractivity contribution in [3.05, 3.63) is 29.8 Å². The lowest BCUT2D eigenvalue weighted by molar-refractivity contribution is 0.0240. The zero-order chi connectivity index (χ0) is 33.1. The molecule has 1 amide bonds. The van der Waals surface area contributed by atoms with E-state index < -0.39 is 17.2 Å². The molecule has 7 rings (SSSR count). The molecule has 14 heteroatoms. The smallest absolute Gasteiger partial charge is 0.410 e. The molecule has 0 unspecified atom stereocenters. The first-order valence-electron chi connectivity index (χ1n) is 16.0. The molecule has 0 atom stereocenters. The summed E-state index contributed by atoms with van der Waals surface area (Å²) >= 11 is 1.000. The lowest BCUT2D eigenvalue weighted by atomic mass is 9.95. The van der Waals surface area contributed by atoms with Gasteiger partial charge in [-0.15, -0.1) is 0 Å². The lowest BCUT2D eigenvalue weighted by Gasteiger charge is -2.36. The summed E-state index contributed by atoms with van der Waals surface area (Å²) < 4.78 is 49.6. The summed E-state index contributed by atoms with van der Waals surface area (Å²) in [6.07, 6.45) is 3.91. The van der Waals surface area contributed by atoms with Crippen molar-refractivity contribution in [1.82, 2.24) is 24.8 Å². The number of ether oxygens (including phenoxy) is 3. The molecule has 5 heterocycles. The van der Waals surface area contributed by atoms with Crippen LogP contribution in [0.15, 0.2) is 18.2 Å². The minimum Gasteiger partial charge on any atom is -0.496 e. The van der Waals surface area contributed by atoms with Gasteiger partial charge in [-0.3, -0.25) is 4.90 Å². The van der Waals surface area contributed by atoms with Crippen LogP contribution < -0.4 is 20.1 Å². The molecule has 3 aliphatic heterocycles. The zero-order valence-corrected chi connectivity index (χ0v) is 27.9. The molecule has 2 aromatic heterocycles. The second-order valence-electron chi connectivity index (χ2n) is 13.5. The van der Waals surface area contributed by atoms with Crippen LogP contribution in [0.1, 0.15) is 46.5 Å². The van der Waals surface area contributed by atoms with Gasteiger partial charge in [-0.2, -0.15) is 9.97 Å². The third-order valence-corrected chi connectivity index (χ3v) is 10.3. The quantitative estimate of drug-likeness (QED) is 0.269. The molecule has 0 bridgehead atoms. The molecule has 2 N–H and O–H groups in total. The maximum atomic E-state index is 17.0. The van der Waals surface area contributed by atoms with Crippen LogP contribution in [-0.2, 0) is 4.74 Å². The summed E-state index contributed by atoms with van der Waals surface area (Å²) in [7, 11) is 1.45. The largest absolute Gasteiger partial charge is 0.496 e. The first kappa shape index (κ1) is 31.6. The molecule has 4 aromatic rings. The van der Waals surface area contributed by atoms with Crippen molar-refractivity contribution >= 4 is 49.5 Å². The molecule has 0 radical (unpaired) electrons. The second kappa shape index (κ2) is 11.9. The topological polar surface area (TPSA) is 119 Å². The van der Waals surface area contributed by atoms with Gasteiger partial charge >= 0.3 is 12.1 Å². The van der Waals surface area contributed by atoms with E-state index in [4.69, 9.17) is 24.9 Å². The third kappa shape index (κ3) is 5.75. The highest BCUT2D eigenvalue weighted by Gasteiger charge is 2.45. The first-order valence-corrected chi connectivity index (χ1v) is 16.8. The molecule has 47 heavy (non-hydrogen) atoms. The van der Waals surface area contributed by atoms with E-state index in [1.54, 1.807) is 11.0 Å². The van der Waals surface area contributed by atoms with Gasteiger partial charge < -0.3 is 29.7 Å². The number of carbonyl (C=O) groups is 1. The maximum Gasteiger partial charge on any atom is 0.410 e. The van der Waals surface area contributed by atoms with E-state index in [-0.39, 0.29) is 49.8 Å². The van der Waals surface area contributed by atoms with Crippen molar-refractivity contribution in [3.8, 4) is 22.9 Å². The fourth-order valence-corrected chi connectivity index (χ4v) is 7.93. The monoisotopic (exact) mass is 667 g/mol. The number of fused-ring (bicyclic) bond motifs is 3. The van der Waals surface area contributed by atoms with Gasteiger partial charge in [-0.1, -0.05) is 11.3 Å². The highest BCUT2D eigenvalue weighted by Crippen LogP contribution is 2.44. The number of methoxy groups -OCH3 is 1. The molecule has 2 aromatic carbocycles. The number of aromatic nitrogens is 3. The minimum absolute atomic E-state index is 0.0447. The van der Waals surface area contributed by atoms with Gasteiger partial charge in [-0.05, 0) is 77.7 Å². The number of hydrogen-bond acceptors (Lipinski definition) is 11. The third-order valence-electron chi connectivity index (χ3n) is 9.37. The van der Waals surface area contributed by atoms with Gasteiger partial charge in [0.1, 0.15) is 35.1 Å². The van der Waals surface area contributed by atoms with Crippen LogP contribution in [0.5, 0.6) is 11.8 Å². The highest BCUT2D eigenvalue weighted by atomic mass is 32.1. The van der Waals surface area contributed by atoms with Crippen LogP contribution >= 0.6 is 11.3 Å². The molecular weight excluding hydrogens is 628 g/mol. The summed E-state index contributed by atoms with van der Waals surface area (Å²) in [6, 6.07) is 4.53. The normalized spacial score (nSPS) is 18.3. The number of anilines is 2. The van der Waals surface area contributed by atoms with Gasteiger partial charge in [0.25, 0.3) is 0 Å². The fourth-order valence-electron chi connectivity index (χ4n) is 7.17.